The number of halogens is 1. The van der Waals surface area contributed by atoms with Gasteiger partial charge in [0.05, 0.1) is 3.57 Å². The van der Waals surface area contributed by atoms with Gasteiger partial charge in [0.2, 0.25) is 0 Å². The first-order valence-corrected chi connectivity index (χ1v) is 7.78. The lowest BCUT2D eigenvalue weighted by molar-refractivity contribution is 0.424. The molecule has 106 valence electrons. The van der Waals surface area contributed by atoms with Crippen molar-refractivity contribution in [3.8, 4) is 11.5 Å². The van der Waals surface area contributed by atoms with E-state index >= 15 is 0 Å². The maximum Gasteiger partial charge on any atom is 0.140 e. The van der Waals surface area contributed by atoms with E-state index in [1.54, 1.807) is 0 Å². The predicted octanol–water partition coefficient (Wildman–Crippen LogP) is 4.97. The second-order valence-electron chi connectivity index (χ2n) is 5.78. The van der Waals surface area contributed by atoms with Crippen molar-refractivity contribution < 1.29 is 4.74 Å². The van der Waals surface area contributed by atoms with E-state index in [1.807, 2.05) is 36.4 Å². The number of para-hydroxylation sites is 1. The number of ether oxygens (including phenoxy) is 1. The molecule has 0 radical (unpaired) electrons. The SMILES string of the molecule is CC(C)(C)NCc1ccc(Oc2ccccc2I)cc1. The fourth-order valence-corrected chi connectivity index (χ4v) is 2.19. The van der Waals surface area contributed by atoms with Gasteiger partial charge in [0.25, 0.3) is 0 Å². The van der Waals surface area contributed by atoms with Crippen LogP contribution in [0.1, 0.15) is 26.3 Å². The molecule has 2 aromatic carbocycles. The quantitative estimate of drug-likeness (QED) is 0.755. The van der Waals surface area contributed by atoms with E-state index < -0.39 is 0 Å². The lowest BCUT2D eigenvalue weighted by atomic mass is 10.1. The smallest absolute Gasteiger partial charge is 0.140 e. The number of hydrogen-bond acceptors (Lipinski definition) is 2. The van der Waals surface area contributed by atoms with Gasteiger partial charge in [-0.05, 0) is 73.2 Å². The van der Waals surface area contributed by atoms with Crippen LogP contribution in [-0.4, -0.2) is 5.54 Å². The normalized spacial score (nSPS) is 11.4. The van der Waals surface area contributed by atoms with Crippen molar-refractivity contribution >= 4 is 22.6 Å². The molecule has 0 saturated carbocycles. The lowest BCUT2D eigenvalue weighted by Crippen LogP contribution is -2.34. The molecule has 0 atom stereocenters. The maximum atomic E-state index is 5.88. The van der Waals surface area contributed by atoms with Gasteiger partial charge in [-0.2, -0.15) is 0 Å². The topological polar surface area (TPSA) is 21.3 Å². The molecule has 20 heavy (non-hydrogen) atoms. The Morgan fingerprint density at radius 2 is 1.65 bits per heavy atom. The second-order valence-corrected chi connectivity index (χ2v) is 6.94. The molecule has 2 aromatic rings. The van der Waals surface area contributed by atoms with E-state index in [0.717, 1.165) is 21.6 Å². The Balaban J connectivity index is 2.00. The molecule has 0 fully saturated rings. The minimum absolute atomic E-state index is 0.134. The van der Waals surface area contributed by atoms with E-state index in [4.69, 9.17) is 4.74 Å². The van der Waals surface area contributed by atoms with Gasteiger partial charge in [-0.25, -0.2) is 0 Å². The molecule has 0 aliphatic carbocycles. The number of nitrogens with one attached hydrogen (secondary N) is 1. The van der Waals surface area contributed by atoms with Gasteiger partial charge < -0.3 is 10.1 Å². The van der Waals surface area contributed by atoms with Crippen LogP contribution in [0.4, 0.5) is 0 Å². The third-order valence-corrected chi connectivity index (χ3v) is 3.70. The highest BCUT2D eigenvalue weighted by atomic mass is 127. The van der Waals surface area contributed by atoms with Crippen molar-refractivity contribution in [2.45, 2.75) is 32.9 Å². The molecule has 0 bridgehead atoms. The summed E-state index contributed by atoms with van der Waals surface area (Å²) in [4.78, 5) is 0. The van der Waals surface area contributed by atoms with Crippen molar-refractivity contribution in [2.75, 3.05) is 0 Å². The van der Waals surface area contributed by atoms with Crippen molar-refractivity contribution in [3.63, 3.8) is 0 Å². The molecular weight excluding hydrogens is 361 g/mol. The molecule has 0 aliphatic heterocycles. The van der Waals surface area contributed by atoms with Crippen LogP contribution in [-0.2, 0) is 6.54 Å². The first kappa shape index (κ1) is 15.3. The largest absolute Gasteiger partial charge is 0.456 e. The van der Waals surface area contributed by atoms with E-state index in [1.165, 1.54) is 5.56 Å². The van der Waals surface area contributed by atoms with Crippen LogP contribution in [0.3, 0.4) is 0 Å². The Hall–Kier alpha value is -1.07. The van der Waals surface area contributed by atoms with Crippen LogP contribution in [0.25, 0.3) is 0 Å². The van der Waals surface area contributed by atoms with Crippen LogP contribution in [0.5, 0.6) is 11.5 Å². The highest BCUT2D eigenvalue weighted by molar-refractivity contribution is 14.1. The summed E-state index contributed by atoms with van der Waals surface area (Å²) in [7, 11) is 0. The summed E-state index contributed by atoms with van der Waals surface area (Å²) >= 11 is 2.28. The molecule has 2 rings (SSSR count). The van der Waals surface area contributed by atoms with Gasteiger partial charge in [-0.1, -0.05) is 24.3 Å². The summed E-state index contributed by atoms with van der Waals surface area (Å²) in [5.41, 5.74) is 1.39. The third-order valence-electron chi connectivity index (χ3n) is 2.81. The average Bonchev–Trinajstić information content (AvgIpc) is 2.40. The minimum Gasteiger partial charge on any atom is -0.456 e. The molecule has 0 saturated heterocycles. The Morgan fingerprint density at radius 3 is 2.25 bits per heavy atom. The Morgan fingerprint density at radius 1 is 1.00 bits per heavy atom. The summed E-state index contributed by atoms with van der Waals surface area (Å²) in [6.07, 6.45) is 0. The molecule has 2 nitrogen and oxygen atoms in total. The Bertz CT molecular complexity index is 558. The van der Waals surface area contributed by atoms with Crippen LogP contribution >= 0.6 is 22.6 Å². The van der Waals surface area contributed by atoms with Crippen molar-refractivity contribution in [1.82, 2.24) is 5.32 Å². The Kier molecular flexibility index (Phi) is 5.05. The number of benzene rings is 2. The lowest BCUT2D eigenvalue weighted by Gasteiger charge is -2.20. The number of hydrogen-bond donors (Lipinski definition) is 1. The highest BCUT2D eigenvalue weighted by Gasteiger charge is 2.08. The molecule has 0 heterocycles. The van der Waals surface area contributed by atoms with E-state index in [-0.39, 0.29) is 5.54 Å². The van der Waals surface area contributed by atoms with E-state index in [9.17, 15) is 0 Å². The van der Waals surface area contributed by atoms with Gasteiger partial charge in [-0.15, -0.1) is 0 Å². The predicted molar refractivity (Wildman–Crippen MR) is 92.3 cm³/mol. The van der Waals surface area contributed by atoms with Crippen LogP contribution in [0, 0.1) is 3.57 Å². The molecule has 0 aromatic heterocycles. The zero-order valence-electron chi connectivity index (χ0n) is 12.1. The highest BCUT2D eigenvalue weighted by Crippen LogP contribution is 2.26. The van der Waals surface area contributed by atoms with Gasteiger partial charge >= 0.3 is 0 Å². The fraction of sp³-hybridized carbons (Fsp3) is 0.294. The first-order chi connectivity index (χ1) is 9.44. The van der Waals surface area contributed by atoms with Crippen molar-refractivity contribution in [2.24, 2.45) is 0 Å². The standard InChI is InChI=1S/C17H20INO/c1-17(2,3)19-12-13-8-10-14(11-9-13)20-16-7-5-4-6-15(16)18/h4-11,19H,12H2,1-3H3. The molecule has 0 spiro atoms. The zero-order chi connectivity index (χ0) is 14.6. The van der Waals surface area contributed by atoms with Crippen molar-refractivity contribution in [3.05, 3.63) is 57.7 Å². The summed E-state index contributed by atoms with van der Waals surface area (Å²) in [5, 5.41) is 3.47. The molecule has 0 amide bonds. The fourth-order valence-electron chi connectivity index (χ4n) is 1.70. The first-order valence-electron chi connectivity index (χ1n) is 6.70. The summed E-state index contributed by atoms with van der Waals surface area (Å²) in [5.74, 6) is 1.77. The van der Waals surface area contributed by atoms with Crippen molar-refractivity contribution in [1.29, 1.82) is 0 Å². The molecule has 0 unspecified atom stereocenters. The van der Waals surface area contributed by atoms with E-state index in [0.29, 0.717) is 0 Å². The minimum atomic E-state index is 0.134. The number of rotatable bonds is 4. The third kappa shape index (κ3) is 4.80. The monoisotopic (exact) mass is 381 g/mol. The van der Waals surface area contributed by atoms with Gasteiger partial charge in [0, 0.05) is 12.1 Å². The zero-order valence-corrected chi connectivity index (χ0v) is 14.3. The summed E-state index contributed by atoms with van der Waals surface area (Å²) < 4.78 is 7.00. The van der Waals surface area contributed by atoms with Crippen LogP contribution in [0.15, 0.2) is 48.5 Å². The van der Waals surface area contributed by atoms with E-state index in [2.05, 4.69) is 60.8 Å². The summed E-state index contributed by atoms with van der Waals surface area (Å²) in [6.45, 7) is 7.37. The van der Waals surface area contributed by atoms with Crippen LogP contribution in [0.2, 0.25) is 0 Å². The molecule has 0 aliphatic rings. The van der Waals surface area contributed by atoms with Crippen LogP contribution < -0.4 is 10.1 Å². The van der Waals surface area contributed by atoms with Gasteiger partial charge in [-0.3, -0.25) is 0 Å². The molecular formula is C17H20INO. The molecule has 1 N–H and O–H groups in total. The second kappa shape index (κ2) is 6.59. The average molecular weight is 381 g/mol. The Labute approximate surface area is 134 Å². The maximum absolute atomic E-state index is 5.88. The van der Waals surface area contributed by atoms with Gasteiger partial charge in [0.1, 0.15) is 11.5 Å². The molecule has 3 heteroatoms. The summed E-state index contributed by atoms with van der Waals surface area (Å²) in [6, 6.07) is 16.3. The van der Waals surface area contributed by atoms with Gasteiger partial charge in [0.15, 0.2) is 0 Å².